The number of rotatable bonds is 42. The van der Waals surface area contributed by atoms with Gasteiger partial charge in [0.15, 0.2) is 6.10 Å². The lowest BCUT2D eigenvalue weighted by atomic mass is 10.0. The van der Waals surface area contributed by atoms with Crippen LogP contribution in [-0.4, -0.2) is 96.9 Å². The van der Waals surface area contributed by atoms with Crippen molar-refractivity contribution in [1.29, 1.82) is 0 Å². The quantitative estimate of drug-likeness (QED) is 0.0113. The van der Waals surface area contributed by atoms with Crippen LogP contribution in [0.15, 0.2) is 12.7 Å². The number of nitrogens with one attached hydrogen (secondary N) is 3. The van der Waals surface area contributed by atoms with Crippen LogP contribution in [0, 0.1) is 0 Å². The summed E-state index contributed by atoms with van der Waals surface area (Å²) in [4.78, 5) is 70.7. The molecule has 2 rings (SSSR count). The Bertz CT molecular complexity index is 1340. The van der Waals surface area contributed by atoms with E-state index in [0.29, 0.717) is 37.5 Å². The van der Waals surface area contributed by atoms with Gasteiger partial charge in [0, 0.05) is 42.9 Å². The first-order chi connectivity index (χ1) is 30.5. The number of esters is 3. The molecule has 2 aliphatic rings. The van der Waals surface area contributed by atoms with Gasteiger partial charge in [-0.25, -0.2) is 14.2 Å². The third-order valence-electron chi connectivity index (χ3n) is 11.3. The van der Waals surface area contributed by atoms with Crippen LogP contribution in [0.3, 0.4) is 0 Å². The summed E-state index contributed by atoms with van der Waals surface area (Å²) in [6, 6.07) is 0.174. The van der Waals surface area contributed by atoms with E-state index in [9.17, 15) is 33.4 Å². The Morgan fingerprint density at radius 3 is 1.89 bits per heavy atom. The van der Waals surface area contributed by atoms with Crippen molar-refractivity contribution in [2.75, 3.05) is 38.7 Å². The van der Waals surface area contributed by atoms with Gasteiger partial charge in [0.25, 0.3) is 0 Å². The molecule has 0 aromatic carbocycles. The summed E-state index contributed by atoms with van der Waals surface area (Å²) in [6.07, 6.45) is 27.2. The first-order valence-corrected chi connectivity index (χ1v) is 26.8. The molecule has 0 aliphatic carbocycles. The van der Waals surface area contributed by atoms with E-state index in [1.54, 1.807) is 0 Å². The van der Waals surface area contributed by atoms with E-state index in [4.69, 9.17) is 23.3 Å². The fourth-order valence-electron chi connectivity index (χ4n) is 7.68. The van der Waals surface area contributed by atoms with Gasteiger partial charge in [0.1, 0.15) is 6.61 Å². The number of hydrogen-bond acceptors (Lipinski definition) is 12. The molecule has 63 heavy (non-hydrogen) atoms. The fourth-order valence-corrected chi connectivity index (χ4v) is 9.97. The molecule has 2 saturated heterocycles. The summed E-state index contributed by atoms with van der Waals surface area (Å²) in [5.74, 6) is -0.659. The molecule has 1 unspecified atom stereocenters. The van der Waals surface area contributed by atoms with E-state index in [-0.39, 0.29) is 56.6 Å². The summed E-state index contributed by atoms with van der Waals surface area (Å²) in [7, 11) is -4.59. The van der Waals surface area contributed by atoms with Gasteiger partial charge in [-0.15, -0.1) is 0 Å². The number of unbranched alkanes of at least 4 members (excludes halogenated alkanes) is 21. The lowest BCUT2D eigenvalue weighted by Gasteiger charge is -2.20. The van der Waals surface area contributed by atoms with Gasteiger partial charge in [-0.05, 0) is 32.1 Å². The maximum atomic E-state index is 12.8. The van der Waals surface area contributed by atoms with Crippen molar-refractivity contribution in [2.24, 2.45) is 0 Å². The molecule has 3 amide bonds. The predicted molar refractivity (Wildman–Crippen MR) is 247 cm³/mol. The maximum Gasteiger partial charge on any atom is 0.472 e. The summed E-state index contributed by atoms with van der Waals surface area (Å²) in [5.41, 5.74) is 0. The van der Waals surface area contributed by atoms with E-state index >= 15 is 0 Å². The Kier molecular flexibility index (Phi) is 32.8. The zero-order valence-electron chi connectivity index (χ0n) is 38.4. The normalized spacial score (nSPS) is 18.1. The van der Waals surface area contributed by atoms with Crippen LogP contribution >= 0.6 is 19.6 Å². The summed E-state index contributed by atoms with van der Waals surface area (Å²) < 4.78 is 38.8. The molecule has 4 N–H and O–H groups in total. The molecule has 17 heteroatoms. The highest BCUT2D eigenvalue weighted by atomic mass is 32.2. The van der Waals surface area contributed by atoms with Gasteiger partial charge in [-0.3, -0.25) is 23.4 Å². The number of ether oxygens (including phenoxy) is 3. The van der Waals surface area contributed by atoms with Gasteiger partial charge in [-0.2, -0.15) is 11.8 Å². The lowest BCUT2D eigenvalue weighted by Crippen LogP contribution is -2.36. The van der Waals surface area contributed by atoms with Crippen LogP contribution in [-0.2, 0) is 47.0 Å². The highest BCUT2D eigenvalue weighted by molar-refractivity contribution is 8.00. The molecule has 5 atom stereocenters. The molecule has 2 fully saturated rings. The number of phosphoric ester groups is 1. The van der Waals surface area contributed by atoms with Gasteiger partial charge in [0.05, 0.1) is 31.9 Å². The number of phosphoric acid groups is 1. The monoisotopic (exact) mass is 932 g/mol. The van der Waals surface area contributed by atoms with E-state index in [0.717, 1.165) is 95.3 Å². The first-order valence-electron chi connectivity index (χ1n) is 24.2. The Morgan fingerprint density at radius 2 is 1.29 bits per heavy atom. The highest BCUT2D eigenvalue weighted by Gasteiger charge is 2.42. The molecule has 0 spiro atoms. The third kappa shape index (κ3) is 30.2. The van der Waals surface area contributed by atoms with Gasteiger partial charge in [-0.1, -0.05) is 142 Å². The summed E-state index contributed by atoms with van der Waals surface area (Å²) in [6.45, 7) is 4.91. The van der Waals surface area contributed by atoms with Crippen LogP contribution in [0.25, 0.3) is 0 Å². The minimum atomic E-state index is -4.59. The van der Waals surface area contributed by atoms with E-state index in [1.165, 1.54) is 57.8 Å². The average molecular weight is 932 g/mol. The number of urea groups is 1. The number of carbonyl (C=O) groups is 5. The van der Waals surface area contributed by atoms with Gasteiger partial charge in [0.2, 0.25) is 5.91 Å². The standard InChI is InChI=1S/C46H82N3O12PS/c1-3-5-6-7-8-9-10-11-12-14-17-20-23-30-43(52)58-35-38(61-44(53)31-24-21-18-15-13-16-19-22-27-33-57-42(51)4-2)36-60-62(55,56)59-34-32-47-41(50)29-26-25-28-40-45-39(37-63-40)48-46(54)49-45/h4,38-40,45H,2-3,5-37H2,1H3,(H,47,50)(H,55,56)(H2,48,49,54)/t38-,39+,40+,45+/m1/s1. The van der Waals surface area contributed by atoms with Crippen LogP contribution in [0.1, 0.15) is 187 Å². The van der Waals surface area contributed by atoms with Gasteiger partial charge >= 0.3 is 31.8 Å². The minimum Gasteiger partial charge on any atom is -0.463 e. The summed E-state index contributed by atoms with van der Waals surface area (Å²) >= 11 is 1.83. The number of amides is 3. The van der Waals surface area contributed by atoms with E-state index in [2.05, 4.69) is 29.5 Å². The molecule has 15 nitrogen and oxygen atoms in total. The van der Waals surface area contributed by atoms with E-state index < -0.39 is 38.4 Å². The molecule has 0 bridgehead atoms. The third-order valence-corrected chi connectivity index (χ3v) is 13.8. The largest absolute Gasteiger partial charge is 0.472 e. The molecule has 364 valence electrons. The molecular weight excluding hydrogens is 850 g/mol. The minimum absolute atomic E-state index is 0.00306. The number of hydrogen-bond donors (Lipinski definition) is 4. The molecule has 2 heterocycles. The zero-order valence-corrected chi connectivity index (χ0v) is 40.1. The smallest absolute Gasteiger partial charge is 0.463 e. The molecule has 0 aromatic heterocycles. The zero-order chi connectivity index (χ0) is 45.8. The van der Waals surface area contributed by atoms with E-state index in [1.807, 2.05) is 11.8 Å². The van der Waals surface area contributed by atoms with Crippen LogP contribution in [0.5, 0.6) is 0 Å². The number of fused-ring (bicyclic) bond motifs is 1. The van der Waals surface area contributed by atoms with Crippen molar-refractivity contribution in [3.05, 3.63) is 12.7 Å². The fraction of sp³-hybridized carbons (Fsp3) is 0.848. The Labute approximate surface area is 382 Å². The van der Waals surface area contributed by atoms with Crippen molar-refractivity contribution in [3.8, 4) is 0 Å². The number of carbonyl (C=O) groups excluding carboxylic acids is 5. The lowest BCUT2D eigenvalue weighted by molar-refractivity contribution is -0.161. The molecule has 0 saturated carbocycles. The van der Waals surface area contributed by atoms with Crippen LogP contribution in [0.4, 0.5) is 4.79 Å². The molecular formula is C46H82N3O12PS. The van der Waals surface area contributed by atoms with Crippen LogP contribution < -0.4 is 16.0 Å². The molecule has 0 radical (unpaired) electrons. The maximum absolute atomic E-state index is 12.8. The second kappa shape index (κ2) is 36.6. The van der Waals surface area contributed by atoms with Crippen molar-refractivity contribution in [2.45, 2.75) is 210 Å². The second-order valence-electron chi connectivity index (χ2n) is 16.9. The Balaban J connectivity index is 1.64. The average Bonchev–Trinajstić information content (AvgIpc) is 3.82. The second-order valence-corrected chi connectivity index (χ2v) is 19.6. The Hall–Kier alpha value is -2.65. The number of thioether (sulfide) groups is 1. The first kappa shape index (κ1) is 56.5. The van der Waals surface area contributed by atoms with Crippen molar-refractivity contribution in [1.82, 2.24) is 16.0 Å². The molecule has 0 aromatic rings. The van der Waals surface area contributed by atoms with Gasteiger partial charge < -0.3 is 35.1 Å². The SMILES string of the molecule is C=CC(=O)OCCCCCCCCCCCC(=O)O[C@H](COC(=O)CCCCCCCCCCCCCCC)COP(=O)(O)OCCNC(=O)CCCC[C@@H]1SC[C@@H]2NC(=O)N[C@@H]21. The molecule has 2 aliphatic heterocycles. The Morgan fingerprint density at radius 1 is 0.730 bits per heavy atom. The summed E-state index contributed by atoms with van der Waals surface area (Å²) in [5, 5.41) is 8.90. The predicted octanol–water partition coefficient (Wildman–Crippen LogP) is 9.53. The van der Waals surface area contributed by atoms with Crippen LogP contribution in [0.2, 0.25) is 0 Å². The van der Waals surface area contributed by atoms with Crippen molar-refractivity contribution >= 4 is 49.4 Å². The topological polar surface area (TPSA) is 205 Å². The van der Waals surface area contributed by atoms with Crippen molar-refractivity contribution in [3.63, 3.8) is 0 Å². The highest BCUT2D eigenvalue weighted by Crippen LogP contribution is 2.43. The van der Waals surface area contributed by atoms with Crippen molar-refractivity contribution < 1.29 is 56.7 Å².